The van der Waals surface area contributed by atoms with E-state index in [2.05, 4.69) is 18.0 Å². The van der Waals surface area contributed by atoms with Gasteiger partial charge in [0.2, 0.25) is 0 Å². The Morgan fingerprint density at radius 2 is 2.33 bits per heavy atom. The lowest BCUT2D eigenvalue weighted by molar-refractivity contribution is 0.494. The van der Waals surface area contributed by atoms with Gasteiger partial charge in [-0.1, -0.05) is 19.1 Å². The highest BCUT2D eigenvalue weighted by atomic mass is 16.1. The van der Waals surface area contributed by atoms with E-state index in [9.17, 15) is 4.79 Å². The fraction of sp³-hybridized carbons (Fsp3) is 0.417. The summed E-state index contributed by atoms with van der Waals surface area (Å²) in [6.07, 6.45) is 2.16. The molecule has 1 N–H and O–H groups in total. The average molecular weight is 202 g/mol. The van der Waals surface area contributed by atoms with Crippen molar-refractivity contribution < 1.29 is 0 Å². The monoisotopic (exact) mass is 202 g/mol. The molecule has 0 radical (unpaired) electrons. The topological polar surface area (TPSA) is 37.8 Å². The minimum absolute atomic E-state index is 0.0338. The lowest BCUT2D eigenvalue weighted by Gasteiger charge is -2.06. The van der Waals surface area contributed by atoms with Gasteiger partial charge in [0.15, 0.2) is 0 Å². The summed E-state index contributed by atoms with van der Waals surface area (Å²) in [4.78, 5) is 14.6. The van der Waals surface area contributed by atoms with Gasteiger partial charge < -0.3 is 4.98 Å². The number of imidazole rings is 1. The van der Waals surface area contributed by atoms with Crippen molar-refractivity contribution in [2.75, 3.05) is 0 Å². The predicted molar refractivity (Wildman–Crippen MR) is 60.0 cm³/mol. The maximum atomic E-state index is 11.7. The van der Waals surface area contributed by atoms with Crippen LogP contribution in [0.25, 0.3) is 11.0 Å². The normalized spacial score (nSPS) is 20.5. The zero-order chi connectivity index (χ0) is 10.4. The standard InChI is InChI=1S/C12H14N2O/c1-8-5-6-14-11-9(7-8)3-2-4-10(11)13-12(14)15/h2-4,8H,5-7H2,1H3,(H,13,15). The number of nitrogens with one attached hydrogen (secondary N) is 1. The molecule has 0 spiro atoms. The lowest BCUT2D eigenvalue weighted by Crippen LogP contribution is -2.16. The van der Waals surface area contributed by atoms with Gasteiger partial charge in [-0.2, -0.15) is 0 Å². The number of rotatable bonds is 0. The summed E-state index contributed by atoms with van der Waals surface area (Å²) in [6, 6.07) is 6.14. The van der Waals surface area contributed by atoms with Crippen LogP contribution in [0.4, 0.5) is 0 Å². The van der Waals surface area contributed by atoms with Crippen LogP contribution in [-0.4, -0.2) is 9.55 Å². The Morgan fingerprint density at radius 3 is 3.20 bits per heavy atom. The number of aromatic nitrogens is 2. The van der Waals surface area contributed by atoms with E-state index in [1.165, 1.54) is 5.56 Å². The van der Waals surface area contributed by atoms with Crippen molar-refractivity contribution in [3.05, 3.63) is 34.2 Å². The van der Waals surface area contributed by atoms with Crippen LogP contribution < -0.4 is 5.69 Å². The van der Waals surface area contributed by atoms with Gasteiger partial charge in [0.1, 0.15) is 0 Å². The molecule has 78 valence electrons. The quantitative estimate of drug-likeness (QED) is 0.696. The molecule has 0 bridgehead atoms. The predicted octanol–water partition coefficient (Wildman–Crippen LogP) is 1.91. The number of aromatic amines is 1. The van der Waals surface area contributed by atoms with E-state index in [0.29, 0.717) is 5.92 Å². The molecule has 3 heteroatoms. The maximum Gasteiger partial charge on any atom is 0.326 e. The molecule has 1 aromatic heterocycles. The van der Waals surface area contributed by atoms with Crippen molar-refractivity contribution in [3.8, 4) is 0 Å². The van der Waals surface area contributed by atoms with E-state index in [1.54, 1.807) is 0 Å². The summed E-state index contributed by atoms with van der Waals surface area (Å²) < 4.78 is 1.88. The van der Waals surface area contributed by atoms with Gasteiger partial charge in [-0.05, 0) is 30.4 Å². The first-order valence-electron chi connectivity index (χ1n) is 5.46. The first kappa shape index (κ1) is 8.77. The maximum absolute atomic E-state index is 11.7. The third-order valence-electron chi connectivity index (χ3n) is 3.29. The van der Waals surface area contributed by atoms with Gasteiger partial charge in [-0.15, -0.1) is 0 Å². The minimum Gasteiger partial charge on any atom is -0.306 e. The second-order valence-electron chi connectivity index (χ2n) is 4.49. The van der Waals surface area contributed by atoms with Gasteiger partial charge in [-0.3, -0.25) is 4.57 Å². The van der Waals surface area contributed by atoms with Crippen LogP contribution in [0.5, 0.6) is 0 Å². The van der Waals surface area contributed by atoms with Crippen LogP contribution >= 0.6 is 0 Å². The van der Waals surface area contributed by atoms with Crippen LogP contribution in [0.3, 0.4) is 0 Å². The SMILES string of the molecule is CC1CCn2c(=O)[nH]c3cccc(c32)C1. The highest BCUT2D eigenvalue weighted by molar-refractivity contribution is 5.79. The molecule has 0 saturated heterocycles. The number of aryl methyl sites for hydroxylation is 1. The van der Waals surface area contributed by atoms with Crippen LogP contribution in [-0.2, 0) is 13.0 Å². The molecule has 0 amide bonds. The Hall–Kier alpha value is -1.51. The summed E-state index contributed by atoms with van der Waals surface area (Å²) >= 11 is 0. The molecule has 3 rings (SSSR count). The van der Waals surface area contributed by atoms with Gasteiger partial charge >= 0.3 is 5.69 Å². The zero-order valence-electron chi connectivity index (χ0n) is 8.79. The third-order valence-corrected chi connectivity index (χ3v) is 3.29. The number of hydrogen-bond donors (Lipinski definition) is 1. The van der Waals surface area contributed by atoms with E-state index in [4.69, 9.17) is 0 Å². The number of nitrogens with zero attached hydrogens (tertiary/aromatic N) is 1. The van der Waals surface area contributed by atoms with E-state index in [1.807, 2.05) is 16.7 Å². The summed E-state index contributed by atoms with van der Waals surface area (Å²) in [7, 11) is 0. The van der Waals surface area contributed by atoms with Crippen LogP contribution in [0.1, 0.15) is 18.9 Å². The van der Waals surface area contributed by atoms with E-state index in [0.717, 1.165) is 30.4 Å². The zero-order valence-corrected chi connectivity index (χ0v) is 8.79. The van der Waals surface area contributed by atoms with Crippen molar-refractivity contribution in [2.45, 2.75) is 26.3 Å². The molecule has 1 aromatic carbocycles. The Bertz CT molecular complexity index is 564. The number of hydrogen-bond acceptors (Lipinski definition) is 1. The van der Waals surface area contributed by atoms with E-state index < -0.39 is 0 Å². The van der Waals surface area contributed by atoms with Gasteiger partial charge in [0, 0.05) is 6.54 Å². The Labute approximate surface area is 87.7 Å². The van der Waals surface area contributed by atoms with Crippen LogP contribution in [0.15, 0.2) is 23.0 Å². The molecule has 1 aliphatic heterocycles. The lowest BCUT2D eigenvalue weighted by atomic mass is 9.99. The molecule has 1 aliphatic rings. The third kappa shape index (κ3) is 1.23. The molecule has 0 aliphatic carbocycles. The molecular weight excluding hydrogens is 188 g/mol. The number of H-pyrrole nitrogens is 1. The number of para-hydroxylation sites is 1. The van der Waals surface area contributed by atoms with Gasteiger partial charge in [0.05, 0.1) is 11.0 Å². The van der Waals surface area contributed by atoms with Crippen molar-refractivity contribution in [3.63, 3.8) is 0 Å². The van der Waals surface area contributed by atoms with Crippen LogP contribution in [0.2, 0.25) is 0 Å². The molecule has 2 aromatic rings. The summed E-state index contributed by atoms with van der Waals surface area (Å²) in [6.45, 7) is 3.09. The van der Waals surface area contributed by atoms with Crippen molar-refractivity contribution in [1.82, 2.24) is 9.55 Å². The average Bonchev–Trinajstić information content (AvgIpc) is 2.40. The highest BCUT2D eigenvalue weighted by Gasteiger charge is 2.17. The summed E-state index contributed by atoms with van der Waals surface area (Å²) in [5.74, 6) is 0.662. The van der Waals surface area contributed by atoms with Crippen molar-refractivity contribution in [2.24, 2.45) is 5.92 Å². The molecular formula is C12H14N2O. The molecule has 2 heterocycles. The molecule has 15 heavy (non-hydrogen) atoms. The number of benzene rings is 1. The molecule has 3 nitrogen and oxygen atoms in total. The Balaban J connectivity index is 2.39. The minimum atomic E-state index is 0.0338. The fourth-order valence-electron chi connectivity index (χ4n) is 2.50. The summed E-state index contributed by atoms with van der Waals surface area (Å²) in [5.41, 5.74) is 3.43. The van der Waals surface area contributed by atoms with Crippen molar-refractivity contribution >= 4 is 11.0 Å². The van der Waals surface area contributed by atoms with Gasteiger partial charge in [-0.25, -0.2) is 4.79 Å². The summed E-state index contributed by atoms with van der Waals surface area (Å²) in [5, 5.41) is 0. The molecule has 0 saturated carbocycles. The van der Waals surface area contributed by atoms with Crippen molar-refractivity contribution in [1.29, 1.82) is 0 Å². The van der Waals surface area contributed by atoms with E-state index in [-0.39, 0.29) is 5.69 Å². The van der Waals surface area contributed by atoms with E-state index >= 15 is 0 Å². The Kier molecular flexibility index (Phi) is 1.75. The first-order valence-corrected chi connectivity index (χ1v) is 5.46. The largest absolute Gasteiger partial charge is 0.326 e. The van der Waals surface area contributed by atoms with Gasteiger partial charge in [0.25, 0.3) is 0 Å². The Morgan fingerprint density at radius 1 is 1.47 bits per heavy atom. The highest BCUT2D eigenvalue weighted by Crippen LogP contribution is 2.24. The second kappa shape index (κ2) is 2.99. The van der Waals surface area contributed by atoms with Crippen LogP contribution in [0, 0.1) is 5.92 Å². The smallest absolute Gasteiger partial charge is 0.306 e. The molecule has 1 unspecified atom stereocenters. The first-order chi connectivity index (χ1) is 7.25. The molecule has 0 fully saturated rings. The molecule has 1 atom stereocenters. The second-order valence-corrected chi connectivity index (χ2v) is 4.49. The fourth-order valence-corrected chi connectivity index (χ4v) is 2.50.